The zero-order chi connectivity index (χ0) is 17.0. The maximum absolute atomic E-state index is 12.8. The van der Waals surface area contributed by atoms with Gasteiger partial charge in [-0.15, -0.1) is 0 Å². The van der Waals surface area contributed by atoms with Crippen molar-refractivity contribution in [2.24, 2.45) is 0 Å². The van der Waals surface area contributed by atoms with Crippen molar-refractivity contribution < 1.29 is 23.1 Å². The Labute approximate surface area is 128 Å². The molecule has 0 aliphatic carbocycles. The zero-order valence-corrected chi connectivity index (χ0v) is 11.4. The van der Waals surface area contributed by atoms with Crippen LogP contribution in [0, 0.1) is 11.3 Å². The number of hydrogen-bond donors (Lipinski definition) is 2. The minimum atomic E-state index is -4.91. The summed E-state index contributed by atoms with van der Waals surface area (Å²) in [6.07, 6.45) is -4.31. The second kappa shape index (κ2) is 6.31. The van der Waals surface area contributed by atoms with Crippen molar-refractivity contribution in [1.29, 1.82) is 5.26 Å². The molecule has 0 atom stereocenters. The van der Waals surface area contributed by atoms with Crippen molar-refractivity contribution in [3.05, 3.63) is 52.8 Å². The van der Waals surface area contributed by atoms with Gasteiger partial charge >= 0.3 is 12.1 Å². The van der Waals surface area contributed by atoms with Crippen molar-refractivity contribution in [2.75, 3.05) is 5.32 Å². The summed E-state index contributed by atoms with van der Waals surface area (Å²) < 4.78 is 38.5. The van der Waals surface area contributed by atoms with Gasteiger partial charge in [0.1, 0.15) is 5.56 Å². The predicted molar refractivity (Wildman–Crippen MR) is 72.5 cm³/mol. The number of halogens is 3. The fourth-order valence-corrected chi connectivity index (χ4v) is 1.77. The summed E-state index contributed by atoms with van der Waals surface area (Å²) >= 11 is 0. The number of benzene rings is 1. The van der Waals surface area contributed by atoms with Gasteiger partial charge in [-0.2, -0.15) is 18.4 Å². The Morgan fingerprint density at radius 3 is 2.74 bits per heavy atom. The molecule has 23 heavy (non-hydrogen) atoms. The number of hydrogen-bond acceptors (Lipinski definition) is 5. The Bertz CT molecular complexity index is 784. The van der Waals surface area contributed by atoms with E-state index in [0.29, 0.717) is 17.3 Å². The number of carboxylic acid groups (broad SMARTS) is 1. The van der Waals surface area contributed by atoms with E-state index < -0.39 is 23.4 Å². The molecule has 0 aliphatic heterocycles. The molecular formula is C14H9F3N4O2. The quantitative estimate of drug-likeness (QED) is 0.898. The van der Waals surface area contributed by atoms with Gasteiger partial charge in [0.15, 0.2) is 5.69 Å². The number of nitrogens with one attached hydrogen (secondary N) is 1. The molecule has 0 amide bonds. The predicted octanol–water partition coefficient (Wildman–Crippen LogP) is 2.68. The molecule has 9 heteroatoms. The van der Waals surface area contributed by atoms with E-state index in [4.69, 9.17) is 10.4 Å². The Morgan fingerprint density at radius 2 is 2.13 bits per heavy atom. The zero-order valence-electron chi connectivity index (χ0n) is 11.4. The molecule has 0 spiro atoms. The molecule has 0 radical (unpaired) electrons. The normalized spacial score (nSPS) is 10.9. The number of carbonyl (C=O) groups is 1. The average Bonchev–Trinajstić information content (AvgIpc) is 2.52. The Hall–Kier alpha value is -3.15. The van der Waals surface area contributed by atoms with Gasteiger partial charge < -0.3 is 10.4 Å². The lowest BCUT2D eigenvalue weighted by molar-refractivity contribution is -0.141. The fourth-order valence-electron chi connectivity index (χ4n) is 1.77. The van der Waals surface area contributed by atoms with E-state index in [9.17, 15) is 18.0 Å². The van der Waals surface area contributed by atoms with Gasteiger partial charge in [-0.05, 0) is 17.7 Å². The number of alkyl halides is 3. The van der Waals surface area contributed by atoms with E-state index >= 15 is 0 Å². The lowest BCUT2D eigenvalue weighted by atomic mass is 10.1. The third kappa shape index (κ3) is 3.94. The van der Waals surface area contributed by atoms with Gasteiger partial charge in [0.05, 0.1) is 11.6 Å². The highest BCUT2D eigenvalue weighted by atomic mass is 19.4. The van der Waals surface area contributed by atoms with Crippen molar-refractivity contribution in [3.8, 4) is 6.07 Å². The van der Waals surface area contributed by atoms with Crippen molar-refractivity contribution in [2.45, 2.75) is 12.7 Å². The molecule has 6 nitrogen and oxygen atoms in total. The third-order valence-corrected chi connectivity index (χ3v) is 2.79. The molecule has 2 rings (SSSR count). The van der Waals surface area contributed by atoms with Crippen LogP contribution in [0.5, 0.6) is 0 Å². The fraction of sp³-hybridized carbons (Fsp3) is 0.143. The second-order valence-corrected chi connectivity index (χ2v) is 4.42. The first-order valence-corrected chi connectivity index (χ1v) is 6.21. The van der Waals surface area contributed by atoms with E-state index in [-0.39, 0.29) is 12.5 Å². The van der Waals surface area contributed by atoms with Gasteiger partial charge in [-0.3, -0.25) is 0 Å². The molecule has 0 saturated heterocycles. The largest absolute Gasteiger partial charge is 0.478 e. The van der Waals surface area contributed by atoms with Crippen LogP contribution >= 0.6 is 0 Å². The van der Waals surface area contributed by atoms with Crippen molar-refractivity contribution >= 4 is 11.9 Å². The van der Waals surface area contributed by atoms with Crippen LogP contribution in [0.15, 0.2) is 30.5 Å². The highest BCUT2D eigenvalue weighted by Crippen LogP contribution is 2.30. The summed E-state index contributed by atoms with van der Waals surface area (Å²) in [5, 5.41) is 20.1. The van der Waals surface area contributed by atoms with E-state index in [1.54, 1.807) is 24.3 Å². The minimum absolute atomic E-state index is 0.0826. The summed E-state index contributed by atoms with van der Waals surface area (Å²) in [5.41, 5.74) is -1.49. The highest BCUT2D eigenvalue weighted by Gasteiger charge is 2.38. The number of carboxylic acids is 1. The molecule has 1 heterocycles. The van der Waals surface area contributed by atoms with E-state index in [2.05, 4.69) is 15.3 Å². The first-order chi connectivity index (χ1) is 10.8. The number of nitrogens with zero attached hydrogens (tertiary/aromatic N) is 3. The van der Waals surface area contributed by atoms with E-state index in [0.717, 1.165) is 0 Å². The number of aromatic nitrogens is 2. The molecule has 0 fully saturated rings. The molecule has 2 N–H and O–H groups in total. The van der Waals surface area contributed by atoms with Gasteiger partial charge in [0.25, 0.3) is 0 Å². The molecule has 0 unspecified atom stereocenters. The van der Waals surface area contributed by atoms with Crippen LogP contribution in [-0.4, -0.2) is 21.0 Å². The second-order valence-electron chi connectivity index (χ2n) is 4.42. The third-order valence-electron chi connectivity index (χ3n) is 2.79. The SMILES string of the molecule is N#Cc1cccc(CNc2ncc(C(=O)O)c(C(F)(F)F)n2)c1. The molecular weight excluding hydrogens is 313 g/mol. The van der Waals surface area contributed by atoms with Crippen LogP contribution in [0.2, 0.25) is 0 Å². The lowest BCUT2D eigenvalue weighted by Gasteiger charge is -2.11. The number of nitriles is 1. The monoisotopic (exact) mass is 322 g/mol. The van der Waals surface area contributed by atoms with Crippen molar-refractivity contribution in [3.63, 3.8) is 0 Å². The van der Waals surface area contributed by atoms with Crippen molar-refractivity contribution in [1.82, 2.24) is 9.97 Å². The maximum atomic E-state index is 12.8. The molecule has 0 saturated carbocycles. The first-order valence-electron chi connectivity index (χ1n) is 6.21. The summed E-state index contributed by atoms with van der Waals surface area (Å²) in [6.45, 7) is 0.0826. The molecule has 118 valence electrons. The number of aromatic carboxylic acids is 1. The molecule has 2 aromatic rings. The summed E-state index contributed by atoms with van der Waals surface area (Å²) in [4.78, 5) is 17.6. The average molecular weight is 322 g/mol. The van der Waals surface area contributed by atoms with Gasteiger partial charge in [0.2, 0.25) is 5.95 Å². The van der Waals surface area contributed by atoms with E-state index in [1.807, 2.05) is 6.07 Å². The molecule has 1 aromatic heterocycles. The Morgan fingerprint density at radius 1 is 1.39 bits per heavy atom. The van der Waals surface area contributed by atoms with Gasteiger partial charge in [-0.25, -0.2) is 14.8 Å². The van der Waals surface area contributed by atoms with Crippen LogP contribution in [0.4, 0.5) is 19.1 Å². The van der Waals surface area contributed by atoms with E-state index in [1.165, 1.54) is 0 Å². The lowest BCUT2D eigenvalue weighted by Crippen LogP contribution is -2.18. The first kappa shape index (κ1) is 16.2. The standard InChI is InChI=1S/C14H9F3N4O2/c15-14(16,17)11-10(12(22)23)7-20-13(21-11)19-6-9-3-1-2-8(4-9)5-18/h1-4,7H,6H2,(H,22,23)(H,19,20,21). The maximum Gasteiger partial charge on any atom is 0.434 e. The van der Waals surface area contributed by atoms with Crippen LogP contribution in [-0.2, 0) is 12.7 Å². The smallest absolute Gasteiger partial charge is 0.434 e. The van der Waals surface area contributed by atoms with Crippen LogP contribution in [0.3, 0.4) is 0 Å². The molecule has 0 bridgehead atoms. The summed E-state index contributed by atoms with van der Waals surface area (Å²) in [5.74, 6) is -2.12. The summed E-state index contributed by atoms with van der Waals surface area (Å²) in [7, 11) is 0. The number of anilines is 1. The molecule has 1 aromatic carbocycles. The number of rotatable bonds is 4. The Balaban J connectivity index is 2.24. The Kier molecular flexibility index (Phi) is 4.45. The van der Waals surface area contributed by atoms with Crippen LogP contribution in [0.25, 0.3) is 0 Å². The van der Waals surface area contributed by atoms with Crippen LogP contribution in [0.1, 0.15) is 27.2 Å². The van der Waals surface area contributed by atoms with Gasteiger partial charge in [-0.1, -0.05) is 12.1 Å². The van der Waals surface area contributed by atoms with Crippen LogP contribution < -0.4 is 5.32 Å². The summed E-state index contributed by atoms with van der Waals surface area (Å²) in [6, 6.07) is 8.39. The topological polar surface area (TPSA) is 98.9 Å². The highest BCUT2D eigenvalue weighted by molar-refractivity contribution is 5.88. The molecule has 0 aliphatic rings. The van der Waals surface area contributed by atoms with Gasteiger partial charge in [0, 0.05) is 12.7 Å². The minimum Gasteiger partial charge on any atom is -0.478 e.